The number of benzene rings is 1. The van der Waals surface area contributed by atoms with Crippen molar-refractivity contribution in [3.8, 4) is 0 Å². The summed E-state index contributed by atoms with van der Waals surface area (Å²) in [6, 6.07) is 10.5. The molecule has 0 spiro atoms. The summed E-state index contributed by atoms with van der Waals surface area (Å²) in [7, 11) is 0. The monoisotopic (exact) mass is 270 g/mol. The Balaban J connectivity index is 1.71. The molecule has 0 atom stereocenters. The second kappa shape index (κ2) is 8.03. The summed E-state index contributed by atoms with van der Waals surface area (Å²) in [5.41, 5.74) is 2.76. The Hall–Kier alpha value is -1.38. The molecule has 0 N–H and O–H groups in total. The van der Waals surface area contributed by atoms with Crippen LogP contribution in [-0.2, 0) is 0 Å². The highest BCUT2D eigenvalue weighted by Gasteiger charge is 2.15. The Morgan fingerprint density at radius 1 is 1.05 bits per heavy atom. The highest BCUT2D eigenvalue weighted by Crippen LogP contribution is 2.06. The molecule has 1 aromatic carbocycles. The third-order valence-corrected chi connectivity index (χ3v) is 3.90. The predicted molar refractivity (Wildman–Crippen MR) is 87.8 cm³/mol. The summed E-state index contributed by atoms with van der Waals surface area (Å²) in [5, 5.41) is 0. The average Bonchev–Trinajstić information content (AvgIpc) is 2.50. The normalized spacial score (nSPS) is 18.8. The van der Waals surface area contributed by atoms with E-state index >= 15 is 0 Å². The Bertz CT molecular complexity index is 440. The summed E-state index contributed by atoms with van der Waals surface area (Å²) in [5.74, 6) is 0. The van der Waals surface area contributed by atoms with Crippen LogP contribution in [0.2, 0.25) is 0 Å². The van der Waals surface area contributed by atoms with Crippen molar-refractivity contribution in [3.63, 3.8) is 0 Å². The first kappa shape index (κ1) is 15.0. The lowest BCUT2D eigenvalue weighted by molar-refractivity contribution is 0.151. The Kier molecular flexibility index (Phi) is 6.03. The molecule has 0 saturated carbocycles. The average molecular weight is 270 g/mol. The van der Waals surface area contributed by atoms with Crippen LogP contribution in [0.1, 0.15) is 19.4 Å². The lowest BCUT2D eigenvalue weighted by Gasteiger charge is -2.34. The SMILES string of the molecule is CC=C(C)CN1CCN(CC=Cc2ccccc2)CC1. The van der Waals surface area contributed by atoms with Gasteiger partial charge in [0.2, 0.25) is 0 Å². The molecule has 0 aromatic heterocycles. The molecule has 2 heteroatoms. The minimum Gasteiger partial charge on any atom is -0.297 e. The van der Waals surface area contributed by atoms with E-state index in [4.69, 9.17) is 0 Å². The highest BCUT2D eigenvalue weighted by atomic mass is 15.3. The van der Waals surface area contributed by atoms with Crippen LogP contribution in [0.15, 0.2) is 48.1 Å². The van der Waals surface area contributed by atoms with Crippen LogP contribution in [-0.4, -0.2) is 49.1 Å². The number of nitrogens with zero attached hydrogens (tertiary/aromatic N) is 2. The van der Waals surface area contributed by atoms with Crippen molar-refractivity contribution in [3.05, 3.63) is 53.6 Å². The van der Waals surface area contributed by atoms with Crippen LogP contribution < -0.4 is 0 Å². The molecule has 20 heavy (non-hydrogen) atoms. The first-order valence-corrected chi connectivity index (χ1v) is 7.56. The minimum absolute atomic E-state index is 1.06. The molecule has 1 heterocycles. The van der Waals surface area contributed by atoms with Gasteiger partial charge in [-0.25, -0.2) is 0 Å². The standard InChI is InChI=1S/C18H26N2/c1-3-17(2)16-20-14-12-19(13-15-20)11-7-10-18-8-5-4-6-9-18/h3-10H,11-16H2,1-2H3. The van der Waals surface area contributed by atoms with E-state index in [9.17, 15) is 0 Å². The van der Waals surface area contributed by atoms with Crippen LogP contribution in [0.25, 0.3) is 6.08 Å². The summed E-state index contributed by atoms with van der Waals surface area (Å²) in [4.78, 5) is 5.08. The summed E-state index contributed by atoms with van der Waals surface area (Å²) >= 11 is 0. The van der Waals surface area contributed by atoms with Gasteiger partial charge in [0.1, 0.15) is 0 Å². The van der Waals surface area contributed by atoms with Gasteiger partial charge < -0.3 is 0 Å². The summed E-state index contributed by atoms with van der Waals surface area (Å²) < 4.78 is 0. The first-order valence-electron chi connectivity index (χ1n) is 7.56. The second-order valence-electron chi connectivity index (χ2n) is 5.52. The van der Waals surface area contributed by atoms with Gasteiger partial charge in [0.05, 0.1) is 0 Å². The maximum absolute atomic E-state index is 2.55. The zero-order valence-electron chi connectivity index (χ0n) is 12.8. The number of hydrogen-bond acceptors (Lipinski definition) is 2. The molecule has 2 rings (SSSR count). The van der Waals surface area contributed by atoms with E-state index in [0.29, 0.717) is 0 Å². The number of hydrogen-bond donors (Lipinski definition) is 0. The molecule has 0 radical (unpaired) electrons. The smallest absolute Gasteiger partial charge is 0.0191 e. The fourth-order valence-corrected chi connectivity index (χ4v) is 2.48. The maximum Gasteiger partial charge on any atom is 0.0191 e. The minimum atomic E-state index is 1.06. The van der Waals surface area contributed by atoms with Crippen molar-refractivity contribution >= 4 is 6.08 Å². The van der Waals surface area contributed by atoms with Gasteiger partial charge in [0, 0.05) is 39.3 Å². The lowest BCUT2D eigenvalue weighted by atomic mass is 10.2. The topological polar surface area (TPSA) is 6.48 Å². The van der Waals surface area contributed by atoms with E-state index in [1.54, 1.807) is 0 Å². The number of allylic oxidation sites excluding steroid dienone is 1. The molecular formula is C18H26N2. The predicted octanol–water partition coefficient (Wildman–Crippen LogP) is 3.28. The molecule has 1 aromatic rings. The van der Waals surface area contributed by atoms with Crippen LogP contribution in [0.5, 0.6) is 0 Å². The molecule has 108 valence electrons. The van der Waals surface area contributed by atoms with Gasteiger partial charge in [-0.05, 0) is 19.4 Å². The fraction of sp³-hybridized carbons (Fsp3) is 0.444. The molecule has 0 amide bonds. The van der Waals surface area contributed by atoms with Gasteiger partial charge in [-0.1, -0.05) is 54.1 Å². The molecule has 1 fully saturated rings. The fourth-order valence-electron chi connectivity index (χ4n) is 2.48. The van der Waals surface area contributed by atoms with E-state index in [1.807, 2.05) is 0 Å². The molecule has 2 nitrogen and oxygen atoms in total. The quantitative estimate of drug-likeness (QED) is 0.758. The second-order valence-corrected chi connectivity index (χ2v) is 5.52. The van der Waals surface area contributed by atoms with Crippen LogP contribution in [0.3, 0.4) is 0 Å². The van der Waals surface area contributed by atoms with Gasteiger partial charge in [-0.3, -0.25) is 9.80 Å². The molecule has 0 unspecified atom stereocenters. The molecule has 0 aliphatic carbocycles. The van der Waals surface area contributed by atoms with E-state index in [0.717, 1.165) is 13.1 Å². The van der Waals surface area contributed by atoms with Crippen molar-refractivity contribution in [2.24, 2.45) is 0 Å². The van der Waals surface area contributed by atoms with Crippen LogP contribution in [0, 0.1) is 0 Å². The summed E-state index contributed by atoms with van der Waals surface area (Å²) in [6.45, 7) is 11.3. The van der Waals surface area contributed by atoms with Crippen LogP contribution in [0.4, 0.5) is 0 Å². The zero-order valence-corrected chi connectivity index (χ0v) is 12.8. The number of piperazine rings is 1. The lowest BCUT2D eigenvalue weighted by Crippen LogP contribution is -2.46. The molecule has 0 bridgehead atoms. The third-order valence-electron chi connectivity index (χ3n) is 3.90. The van der Waals surface area contributed by atoms with Gasteiger partial charge in [-0.15, -0.1) is 0 Å². The van der Waals surface area contributed by atoms with Crippen molar-refractivity contribution in [2.75, 3.05) is 39.3 Å². The Labute approximate surface area is 123 Å². The van der Waals surface area contributed by atoms with E-state index in [1.165, 1.54) is 37.3 Å². The molecule has 1 aliphatic rings. The summed E-state index contributed by atoms with van der Waals surface area (Å²) in [6.07, 6.45) is 6.72. The van der Waals surface area contributed by atoms with E-state index in [-0.39, 0.29) is 0 Å². The van der Waals surface area contributed by atoms with Gasteiger partial charge in [-0.2, -0.15) is 0 Å². The molecular weight excluding hydrogens is 244 g/mol. The zero-order chi connectivity index (χ0) is 14.2. The molecule has 1 saturated heterocycles. The third kappa shape index (κ3) is 4.95. The van der Waals surface area contributed by atoms with Gasteiger partial charge in [0.25, 0.3) is 0 Å². The largest absolute Gasteiger partial charge is 0.297 e. The Morgan fingerprint density at radius 3 is 2.35 bits per heavy atom. The highest BCUT2D eigenvalue weighted by molar-refractivity contribution is 5.48. The van der Waals surface area contributed by atoms with Crippen molar-refractivity contribution in [2.45, 2.75) is 13.8 Å². The maximum atomic E-state index is 2.55. The first-order chi connectivity index (χ1) is 9.78. The van der Waals surface area contributed by atoms with Gasteiger partial charge in [0.15, 0.2) is 0 Å². The van der Waals surface area contributed by atoms with Crippen molar-refractivity contribution in [1.29, 1.82) is 0 Å². The Morgan fingerprint density at radius 2 is 1.70 bits per heavy atom. The van der Waals surface area contributed by atoms with E-state index < -0.39 is 0 Å². The molecule has 1 aliphatic heterocycles. The van der Waals surface area contributed by atoms with Gasteiger partial charge >= 0.3 is 0 Å². The van der Waals surface area contributed by atoms with Crippen molar-refractivity contribution < 1.29 is 0 Å². The van der Waals surface area contributed by atoms with Crippen LogP contribution >= 0.6 is 0 Å². The van der Waals surface area contributed by atoms with Crippen molar-refractivity contribution in [1.82, 2.24) is 9.80 Å². The number of rotatable bonds is 5. The van der Waals surface area contributed by atoms with E-state index in [2.05, 4.69) is 72.2 Å².